The van der Waals surface area contributed by atoms with Crippen molar-refractivity contribution < 1.29 is 24.2 Å². The lowest BCUT2D eigenvalue weighted by atomic mass is 9.91. The molecule has 0 bridgehead atoms. The van der Waals surface area contributed by atoms with Gasteiger partial charge in [0.25, 0.3) is 5.91 Å². The Balaban J connectivity index is 1.52. The molecule has 178 valence electrons. The van der Waals surface area contributed by atoms with Gasteiger partial charge in [-0.3, -0.25) is 14.4 Å². The molecule has 0 saturated carbocycles. The number of ketones is 1. The first-order valence-electron chi connectivity index (χ1n) is 11.8. The maximum Gasteiger partial charge on any atom is 0.306 e. The number of aryl methyl sites for hydroxylation is 1. The number of phenols is 1. The Kier molecular flexibility index (Phi) is 5.99. The van der Waals surface area contributed by atoms with Gasteiger partial charge in [-0.2, -0.15) is 0 Å². The van der Waals surface area contributed by atoms with E-state index in [2.05, 4.69) is 10.3 Å². The van der Waals surface area contributed by atoms with Crippen LogP contribution in [0.5, 0.6) is 5.75 Å². The van der Waals surface area contributed by atoms with E-state index in [1.807, 2.05) is 30.3 Å². The van der Waals surface area contributed by atoms with Crippen LogP contribution in [-0.2, 0) is 27.2 Å². The van der Waals surface area contributed by atoms with Gasteiger partial charge in [0.15, 0.2) is 5.78 Å². The van der Waals surface area contributed by atoms with Gasteiger partial charge in [-0.15, -0.1) is 0 Å². The predicted molar refractivity (Wildman–Crippen MR) is 133 cm³/mol. The van der Waals surface area contributed by atoms with Crippen LogP contribution < -0.4 is 5.32 Å². The third-order valence-electron chi connectivity index (χ3n) is 6.50. The molecule has 0 atom stereocenters. The van der Waals surface area contributed by atoms with E-state index in [-0.39, 0.29) is 29.8 Å². The minimum Gasteiger partial charge on any atom is -0.508 e. The highest BCUT2D eigenvalue weighted by Crippen LogP contribution is 2.38. The number of carbonyl (C=O) groups is 3. The van der Waals surface area contributed by atoms with Crippen molar-refractivity contribution in [2.24, 2.45) is 0 Å². The summed E-state index contributed by atoms with van der Waals surface area (Å²) in [4.78, 5) is 41.0. The van der Waals surface area contributed by atoms with Crippen LogP contribution in [0.15, 0.2) is 42.5 Å². The number of nitrogens with one attached hydrogen (secondary N) is 2. The maximum atomic E-state index is 12.9. The van der Waals surface area contributed by atoms with Crippen LogP contribution in [0.4, 0.5) is 5.69 Å². The van der Waals surface area contributed by atoms with Crippen LogP contribution in [0.1, 0.15) is 59.1 Å². The molecule has 0 saturated heterocycles. The summed E-state index contributed by atoms with van der Waals surface area (Å²) < 4.78 is 5.07. The number of hydrogen-bond donors (Lipinski definition) is 3. The van der Waals surface area contributed by atoms with Crippen LogP contribution in [-0.4, -0.2) is 34.4 Å². The number of fused-ring (bicyclic) bond motifs is 2. The number of benzene rings is 2. The second kappa shape index (κ2) is 9.25. The molecular formula is C28H26N2O5. The lowest BCUT2D eigenvalue weighted by Gasteiger charge is -2.11. The maximum absolute atomic E-state index is 12.9. The van der Waals surface area contributed by atoms with E-state index < -0.39 is 0 Å². The second-order valence-corrected chi connectivity index (χ2v) is 8.77. The molecule has 35 heavy (non-hydrogen) atoms. The number of esters is 1. The number of carbonyl (C=O) groups excluding carboxylic acids is 3. The molecule has 1 amide bonds. The minimum atomic E-state index is -0.310. The molecule has 1 aliphatic heterocycles. The number of aromatic amines is 1. The number of H-pyrrole nitrogens is 1. The zero-order valence-corrected chi connectivity index (χ0v) is 19.4. The van der Waals surface area contributed by atoms with Crippen molar-refractivity contribution in [1.29, 1.82) is 0 Å². The van der Waals surface area contributed by atoms with E-state index in [0.29, 0.717) is 42.0 Å². The fourth-order valence-corrected chi connectivity index (χ4v) is 4.85. The number of phenolic OH excluding ortho intramolecular Hbond substituents is 1. The fraction of sp³-hybridized carbons (Fsp3) is 0.250. The number of Topliss-reactive ketones (excluding diaryl/α,β-unsaturated/α-hetero) is 1. The number of anilines is 1. The summed E-state index contributed by atoms with van der Waals surface area (Å²) in [6.45, 7) is 2.07. The Morgan fingerprint density at radius 3 is 2.63 bits per heavy atom. The van der Waals surface area contributed by atoms with Crippen LogP contribution in [0, 0.1) is 0 Å². The Morgan fingerprint density at radius 1 is 1.09 bits per heavy atom. The Hall–Kier alpha value is -4.13. The van der Waals surface area contributed by atoms with Gasteiger partial charge in [0, 0.05) is 41.0 Å². The Bertz CT molecular complexity index is 1360. The highest BCUT2D eigenvalue weighted by molar-refractivity contribution is 6.35. The smallest absolute Gasteiger partial charge is 0.306 e. The number of aromatic hydroxyl groups is 1. The molecule has 0 radical (unpaired) electrons. The molecule has 0 unspecified atom stereocenters. The van der Waals surface area contributed by atoms with Gasteiger partial charge in [0.1, 0.15) is 5.75 Å². The molecule has 3 N–H and O–H groups in total. The minimum absolute atomic E-state index is 0.0702. The van der Waals surface area contributed by atoms with E-state index in [1.54, 1.807) is 25.1 Å². The van der Waals surface area contributed by atoms with Crippen LogP contribution in [0.2, 0.25) is 0 Å². The first-order valence-corrected chi connectivity index (χ1v) is 11.8. The summed E-state index contributed by atoms with van der Waals surface area (Å²) in [5.74, 6) is -0.270. The fourth-order valence-electron chi connectivity index (χ4n) is 4.85. The predicted octanol–water partition coefficient (Wildman–Crippen LogP) is 4.89. The number of rotatable bonds is 6. The number of ether oxygens (including phenoxy) is 1. The Labute approximate surface area is 202 Å². The van der Waals surface area contributed by atoms with Crippen molar-refractivity contribution in [3.8, 4) is 16.9 Å². The number of amides is 1. The van der Waals surface area contributed by atoms with Crippen molar-refractivity contribution in [2.45, 2.75) is 39.0 Å². The summed E-state index contributed by atoms with van der Waals surface area (Å²) >= 11 is 0. The standard InChI is InChI=1S/C28H26N2O5/c1-2-35-26(33)13-12-20-24(29-22-4-3-5-25(32)27(20)22)15-21-19-11-8-17(14-23(19)30-28(21)34)16-6-9-18(31)10-7-16/h6-11,14-15,29,31H,2-5,12-13H2,1H3,(H,30,34)/b21-15-. The summed E-state index contributed by atoms with van der Waals surface area (Å²) in [6.07, 6.45) is 4.34. The number of hydrogen-bond acceptors (Lipinski definition) is 5. The van der Waals surface area contributed by atoms with E-state index in [9.17, 15) is 19.5 Å². The highest BCUT2D eigenvalue weighted by atomic mass is 16.5. The molecule has 7 nitrogen and oxygen atoms in total. The van der Waals surface area contributed by atoms with Crippen molar-refractivity contribution in [3.63, 3.8) is 0 Å². The largest absolute Gasteiger partial charge is 0.508 e. The summed E-state index contributed by atoms with van der Waals surface area (Å²) in [6, 6.07) is 12.6. The lowest BCUT2D eigenvalue weighted by molar-refractivity contribution is -0.143. The van der Waals surface area contributed by atoms with Gasteiger partial charge in [-0.25, -0.2) is 0 Å². The zero-order valence-electron chi connectivity index (χ0n) is 19.4. The van der Waals surface area contributed by atoms with Gasteiger partial charge < -0.3 is 20.1 Å². The molecule has 3 aromatic rings. The molecule has 2 aliphatic rings. The molecule has 1 aliphatic carbocycles. The van der Waals surface area contributed by atoms with Crippen LogP contribution in [0.3, 0.4) is 0 Å². The van der Waals surface area contributed by atoms with Gasteiger partial charge in [-0.05, 0) is 67.2 Å². The normalized spacial score (nSPS) is 15.6. The third-order valence-corrected chi connectivity index (χ3v) is 6.50. The molecule has 0 fully saturated rings. The molecule has 2 heterocycles. The van der Waals surface area contributed by atoms with Gasteiger partial charge in [-0.1, -0.05) is 24.3 Å². The van der Waals surface area contributed by atoms with E-state index in [0.717, 1.165) is 40.8 Å². The van der Waals surface area contributed by atoms with Crippen molar-refractivity contribution in [2.75, 3.05) is 11.9 Å². The molecule has 0 spiro atoms. The van der Waals surface area contributed by atoms with E-state index in [4.69, 9.17) is 4.74 Å². The molecular weight excluding hydrogens is 444 g/mol. The van der Waals surface area contributed by atoms with Crippen LogP contribution in [0.25, 0.3) is 22.8 Å². The van der Waals surface area contributed by atoms with Crippen molar-refractivity contribution >= 4 is 35.0 Å². The average Bonchev–Trinajstić information content (AvgIpc) is 3.35. The quantitative estimate of drug-likeness (QED) is 0.351. The molecule has 1 aromatic heterocycles. The van der Waals surface area contributed by atoms with Gasteiger partial charge in [0.2, 0.25) is 0 Å². The van der Waals surface area contributed by atoms with Crippen molar-refractivity contribution in [1.82, 2.24) is 4.98 Å². The monoisotopic (exact) mass is 470 g/mol. The summed E-state index contributed by atoms with van der Waals surface area (Å²) in [5.41, 5.74) is 6.81. The van der Waals surface area contributed by atoms with Crippen molar-refractivity contribution in [3.05, 3.63) is 70.5 Å². The second-order valence-electron chi connectivity index (χ2n) is 8.77. The van der Waals surface area contributed by atoms with E-state index in [1.165, 1.54) is 0 Å². The molecule has 7 heteroatoms. The third kappa shape index (κ3) is 4.37. The molecule has 5 rings (SSSR count). The van der Waals surface area contributed by atoms with Gasteiger partial charge in [0.05, 0.1) is 12.2 Å². The SMILES string of the molecule is CCOC(=O)CCc1c(/C=C2\C(=O)Nc3cc(-c4ccc(O)cc4)ccc32)[nH]c2c1C(=O)CCC2. The summed E-state index contributed by atoms with van der Waals surface area (Å²) in [5, 5.41) is 12.5. The Morgan fingerprint density at radius 2 is 1.86 bits per heavy atom. The zero-order chi connectivity index (χ0) is 24.5. The first kappa shape index (κ1) is 22.7. The van der Waals surface area contributed by atoms with E-state index >= 15 is 0 Å². The molecule has 2 aromatic carbocycles. The first-order chi connectivity index (χ1) is 16.9. The number of aromatic nitrogens is 1. The lowest BCUT2D eigenvalue weighted by Crippen LogP contribution is -2.12. The van der Waals surface area contributed by atoms with Crippen LogP contribution >= 0.6 is 0 Å². The topological polar surface area (TPSA) is 108 Å². The highest BCUT2D eigenvalue weighted by Gasteiger charge is 2.29. The average molecular weight is 471 g/mol. The summed E-state index contributed by atoms with van der Waals surface area (Å²) in [7, 11) is 0. The van der Waals surface area contributed by atoms with Gasteiger partial charge >= 0.3 is 5.97 Å².